The molecule has 0 spiro atoms. The number of unbranched alkanes of at least 4 members (excludes halogenated alkanes) is 2. The topological polar surface area (TPSA) is 240 Å². The zero-order valence-corrected chi connectivity index (χ0v) is 38.5. The number of nitrogens with zero attached hydrogens (tertiary/aromatic N) is 3. The van der Waals surface area contributed by atoms with E-state index in [0.29, 0.717) is 109 Å². The fraction of sp³-hybridized carbons (Fsp3) is 0.581. The van der Waals surface area contributed by atoms with Crippen LogP contribution in [-0.4, -0.2) is 147 Å². The van der Waals surface area contributed by atoms with Gasteiger partial charge in [0.05, 0.1) is 50.1 Å². The van der Waals surface area contributed by atoms with Crippen LogP contribution < -0.4 is 32.6 Å². The number of hydrogen-bond donors (Lipinski definition) is 6. The fourth-order valence-electron chi connectivity index (χ4n) is 7.67. The first-order valence-electron chi connectivity index (χ1n) is 21.3. The molecule has 0 fully saturated rings. The van der Waals surface area contributed by atoms with E-state index >= 15 is 0 Å². The van der Waals surface area contributed by atoms with Gasteiger partial charge in [-0.25, -0.2) is 25.4 Å². The Hall–Kier alpha value is -3.72. The number of carbonyl (C=O) groups excluding carboxylic acids is 1. The molecule has 0 aliphatic rings. The van der Waals surface area contributed by atoms with Crippen LogP contribution in [0.1, 0.15) is 64.7 Å². The first-order valence-corrected chi connectivity index (χ1v) is 24.1. The number of ether oxygens (including phenoxy) is 1. The molecular weight excluding hydrogens is 821 g/mol. The predicted molar refractivity (Wildman–Crippen MR) is 244 cm³/mol. The lowest BCUT2D eigenvalue weighted by Crippen LogP contribution is -2.38. The molecule has 0 aliphatic carbocycles. The van der Waals surface area contributed by atoms with E-state index < -0.39 is 32.1 Å². The Kier molecular flexibility index (Phi) is 18.1. The van der Waals surface area contributed by atoms with E-state index in [1.807, 2.05) is 0 Å². The Morgan fingerprint density at radius 1 is 0.721 bits per heavy atom. The standard InChI is InChI=1S/C43H68N8O8S2/c1-30(52)36(14-7-9-20-44)47-22-11-24-49(2)60(55,56)39-29-40(61(57,58)50(3)25-12-23-48-37(43(53)54)15-8-10-21-45)34-19-17-32-38(59-27-13-26-51(4,5)6)28-35(46)31-16-18-33(39)42(34)41(31)32/h16-19,28-29,36-37,47-48H,7-15,20-27,44-46H2,1-6H3/p+1. The normalized spacial score (nSPS) is 13.9. The molecule has 0 saturated heterocycles. The number of Topliss-reactive ketones (excluding diaryl/α,β-unsaturated/α-hetero) is 1. The Labute approximate surface area is 362 Å². The number of benzene rings is 4. The first kappa shape index (κ1) is 49.9. The molecule has 18 heteroatoms. The second-order valence-electron chi connectivity index (χ2n) is 17.0. The highest BCUT2D eigenvalue weighted by Gasteiger charge is 2.32. The Morgan fingerprint density at radius 2 is 1.20 bits per heavy atom. The van der Waals surface area contributed by atoms with Crippen LogP contribution in [0.4, 0.5) is 5.69 Å². The zero-order valence-electron chi connectivity index (χ0n) is 36.8. The minimum Gasteiger partial charge on any atom is -0.493 e. The van der Waals surface area contributed by atoms with Gasteiger partial charge in [-0.15, -0.1) is 0 Å². The third-order valence-corrected chi connectivity index (χ3v) is 15.0. The number of carbonyl (C=O) groups is 2. The highest BCUT2D eigenvalue weighted by Crippen LogP contribution is 2.45. The number of quaternary nitrogens is 1. The predicted octanol–water partition coefficient (Wildman–Crippen LogP) is 3.51. The molecule has 0 amide bonds. The molecule has 0 aromatic heterocycles. The van der Waals surface area contributed by atoms with Crippen molar-refractivity contribution in [3.63, 3.8) is 0 Å². The van der Waals surface area contributed by atoms with Crippen LogP contribution in [0.3, 0.4) is 0 Å². The van der Waals surface area contributed by atoms with E-state index in [0.717, 1.165) is 30.3 Å². The molecule has 4 aromatic rings. The van der Waals surface area contributed by atoms with Gasteiger partial charge in [0.2, 0.25) is 20.0 Å². The summed E-state index contributed by atoms with van der Waals surface area (Å²) in [4.78, 5) is 23.7. The van der Waals surface area contributed by atoms with E-state index in [9.17, 15) is 31.5 Å². The van der Waals surface area contributed by atoms with Crippen LogP contribution in [-0.2, 0) is 29.6 Å². The van der Waals surface area contributed by atoms with Crippen LogP contribution in [0, 0.1) is 0 Å². The van der Waals surface area contributed by atoms with Gasteiger partial charge in [-0.1, -0.05) is 31.0 Å². The molecule has 0 heterocycles. The van der Waals surface area contributed by atoms with Gasteiger partial charge >= 0.3 is 5.97 Å². The van der Waals surface area contributed by atoms with Crippen molar-refractivity contribution in [2.75, 3.05) is 93.4 Å². The van der Waals surface area contributed by atoms with Gasteiger partial charge in [0.15, 0.2) is 0 Å². The second-order valence-corrected chi connectivity index (χ2v) is 21.0. The lowest BCUT2D eigenvalue weighted by Gasteiger charge is -2.25. The molecule has 0 saturated carbocycles. The number of sulfonamides is 2. The summed E-state index contributed by atoms with van der Waals surface area (Å²) in [5.41, 5.74) is 18.3. The number of aliphatic carboxylic acids is 1. The number of carboxylic acid groups (broad SMARTS) is 1. The minimum atomic E-state index is -4.33. The quantitative estimate of drug-likeness (QED) is 0.0198. The molecule has 4 aromatic carbocycles. The van der Waals surface area contributed by atoms with Crippen molar-refractivity contribution in [2.45, 2.75) is 86.6 Å². The summed E-state index contributed by atoms with van der Waals surface area (Å²) in [6.45, 7) is 4.59. The van der Waals surface area contributed by atoms with Gasteiger partial charge in [-0.3, -0.25) is 9.59 Å². The maximum absolute atomic E-state index is 14.7. The number of nitrogens with two attached hydrogens (primary N) is 3. The Bertz CT molecular complexity index is 2230. The maximum Gasteiger partial charge on any atom is 0.320 e. The molecule has 340 valence electrons. The van der Waals surface area contributed by atoms with E-state index in [1.165, 1.54) is 35.7 Å². The number of nitrogens with one attached hydrogen (secondary N) is 2. The molecule has 0 radical (unpaired) electrons. The summed E-state index contributed by atoms with van der Waals surface area (Å²) in [6.07, 6.45) is 5.44. The van der Waals surface area contributed by atoms with Gasteiger partial charge in [-0.05, 0) is 83.8 Å². The van der Waals surface area contributed by atoms with Gasteiger partial charge in [-0.2, -0.15) is 0 Å². The van der Waals surface area contributed by atoms with E-state index in [4.69, 9.17) is 21.9 Å². The molecular formula is C43H69N8O8S2+. The number of anilines is 1. The largest absolute Gasteiger partial charge is 0.493 e. The Balaban J connectivity index is 1.76. The lowest BCUT2D eigenvalue weighted by molar-refractivity contribution is -0.870. The molecule has 0 bridgehead atoms. The fourth-order valence-corrected chi connectivity index (χ4v) is 10.6. The molecule has 61 heavy (non-hydrogen) atoms. The average molecular weight is 890 g/mol. The third kappa shape index (κ3) is 12.7. The molecule has 2 unspecified atom stereocenters. The molecule has 0 aliphatic heterocycles. The summed E-state index contributed by atoms with van der Waals surface area (Å²) in [5.74, 6) is -0.469. The van der Waals surface area contributed by atoms with Crippen molar-refractivity contribution in [2.24, 2.45) is 11.5 Å². The summed E-state index contributed by atoms with van der Waals surface area (Å²) in [6, 6.07) is 8.82. The summed E-state index contributed by atoms with van der Waals surface area (Å²) >= 11 is 0. The van der Waals surface area contributed by atoms with Crippen molar-refractivity contribution in [3.05, 3.63) is 36.4 Å². The van der Waals surface area contributed by atoms with E-state index in [-0.39, 0.29) is 41.3 Å². The van der Waals surface area contributed by atoms with Crippen molar-refractivity contribution >= 4 is 69.8 Å². The molecule has 9 N–H and O–H groups in total. The third-order valence-electron chi connectivity index (χ3n) is 11.2. The highest BCUT2D eigenvalue weighted by molar-refractivity contribution is 7.90. The van der Waals surface area contributed by atoms with E-state index in [2.05, 4.69) is 31.8 Å². The zero-order chi connectivity index (χ0) is 45.1. The maximum atomic E-state index is 14.7. The molecule has 2 atom stereocenters. The minimum absolute atomic E-state index is 0.00254. The Morgan fingerprint density at radius 3 is 1.69 bits per heavy atom. The molecule has 16 nitrogen and oxygen atoms in total. The highest BCUT2D eigenvalue weighted by atomic mass is 32.2. The van der Waals surface area contributed by atoms with Gasteiger partial charge in [0, 0.05) is 77.7 Å². The first-order chi connectivity index (χ1) is 28.8. The van der Waals surface area contributed by atoms with Crippen LogP contribution in [0.15, 0.2) is 46.2 Å². The van der Waals surface area contributed by atoms with Gasteiger partial charge < -0.3 is 42.2 Å². The van der Waals surface area contributed by atoms with Gasteiger partial charge in [0.1, 0.15) is 17.6 Å². The summed E-state index contributed by atoms with van der Waals surface area (Å²) < 4.78 is 68.1. The van der Waals surface area contributed by atoms with Crippen LogP contribution >= 0.6 is 0 Å². The monoisotopic (exact) mass is 889 g/mol. The average Bonchev–Trinajstić information content (AvgIpc) is 3.19. The van der Waals surface area contributed by atoms with Crippen LogP contribution in [0.5, 0.6) is 5.75 Å². The summed E-state index contributed by atoms with van der Waals surface area (Å²) in [5, 5.41) is 19.0. The number of ketones is 1. The SMILES string of the molecule is CC(=O)C(CCCCN)NCCCN(C)S(=O)(=O)c1cc(S(=O)(=O)N(C)CCCNC(CCCCN)C(=O)O)c2ccc3c(OCCC[N+](C)(C)C)cc(N)c4ccc1c2c43. The molecule has 4 rings (SSSR count). The smallest absolute Gasteiger partial charge is 0.320 e. The van der Waals surface area contributed by atoms with Gasteiger partial charge in [0.25, 0.3) is 0 Å². The number of carboxylic acids is 1. The number of rotatable bonds is 29. The van der Waals surface area contributed by atoms with E-state index in [1.54, 1.807) is 30.3 Å². The van der Waals surface area contributed by atoms with Crippen LogP contribution in [0.2, 0.25) is 0 Å². The second kappa shape index (κ2) is 22.1. The number of nitrogen functional groups attached to an aromatic ring is 1. The number of hydrogen-bond acceptors (Lipinski definition) is 12. The van der Waals surface area contributed by atoms with Crippen molar-refractivity contribution in [1.82, 2.24) is 19.2 Å². The van der Waals surface area contributed by atoms with Crippen molar-refractivity contribution < 1.29 is 40.8 Å². The van der Waals surface area contributed by atoms with Crippen molar-refractivity contribution in [1.29, 1.82) is 0 Å². The van der Waals surface area contributed by atoms with Crippen LogP contribution in [0.25, 0.3) is 32.3 Å². The van der Waals surface area contributed by atoms with Crippen molar-refractivity contribution in [3.8, 4) is 5.75 Å². The lowest BCUT2D eigenvalue weighted by atomic mass is 9.93. The summed E-state index contributed by atoms with van der Waals surface area (Å²) in [7, 11) is 0.569.